The fourth-order valence-electron chi connectivity index (χ4n) is 4.27. The molecule has 4 rings (SSSR count). The van der Waals surface area contributed by atoms with Gasteiger partial charge in [0, 0.05) is 13.1 Å². The van der Waals surface area contributed by atoms with E-state index < -0.39 is 39.6 Å². The van der Waals surface area contributed by atoms with E-state index in [1.54, 1.807) is 12.1 Å². The van der Waals surface area contributed by atoms with E-state index in [0.29, 0.717) is 36.3 Å². The number of hydrogen-bond donors (Lipinski definition) is 3. The highest BCUT2D eigenvalue weighted by atomic mass is 32.2. The van der Waals surface area contributed by atoms with Gasteiger partial charge in [0.2, 0.25) is 0 Å². The van der Waals surface area contributed by atoms with Crippen LogP contribution in [-0.4, -0.2) is 54.3 Å². The second-order valence-electron chi connectivity index (χ2n) is 9.09. The van der Waals surface area contributed by atoms with Crippen LogP contribution in [-0.2, 0) is 41.4 Å². The van der Waals surface area contributed by atoms with Gasteiger partial charge in [-0.05, 0) is 47.9 Å². The van der Waals surface area contributed by atoms with Gasteiger partial charge >= 0.3 is 0 Å². The zero-order valence-corrected chi connectivity index (χ0v) is 20.8. The first-order valence-electron chi connectivity index (χ1n) is 11.3. The summed E-state index contributed by atoms with van der Waals surface area (Å²) in [5, 5.41) is 16.5. The lowest BCUT2D eigenvalue weighted by Crippen LogP contribution is -2.27. The maximum absolute atomic E-state index is 12.8. The summed E-state index contributed by atoms with van der Waals surface area (Å²) < 4.78 is 61.1. The smallest absolute Gasteiger partial charge is 0.299 e. The van der Waals surface area contributed by atoms with Crippen molar-refractivity contribution >= 4 is 31.6 Å². The molecule has 0 saturated heterocycles. The van der Waals surface area contributed by atoms with Crippen LogP contribution in [0.2, 0.25) is 0 Å². The molecule has 2 atom stereocenters. The summed E-state index contributed by atoms with van der Waals surface area (Å²) in [6.45, 7) is 4.15. The highest BCUT2D eigenvalue weighted by Gasteiger charge is 2.28. The number of nitrogens with one attached hydrogen (secondary N) is 2. The van der Waals surface area contributed by atoms with E-state index in [2.05, 4.69) is 24.5 Å². The number of hydrogen-bond acceptors (Lipinski definition) is 9. The Morgan fingerprint density at radius 1 is 0.824 bits per heavy atom. The maximum Gasteiger partial charge on any atom is 0.299 e. The van der Waals surface area contributed by atoms with Gasteiger partial charge in [-0.1, -0.05) is 38.1 Å². The van der Waals surface area contributed by atoms with E-state index in [1.807, 2.05) is 12.1 Å². The van der Waals surface area contributed by atoms with Gasteiger partial charge in [-0.25, -0.2) is 0 Å². The van der Waals surface area contributed by atoms with Crippen molar-refractivity contribution in [2.75, 3.05) is 36.9 Å². The highest BCUT2D eigenvalue weighted by Crippen LogP contribution is 2.33. The summed E-state index contributed by atoms with van der Waals surface area (Å²) >= 11 is 0. The number of para-hydroxylation sites is 2. The van der Waals surface area contributed by atoms with Gasteiger partial charge in [0.1, 0.15) is 15.9 Å². The molecular formula is C23H30N2O7S2. The molecule has 2 heterocycles. The van der Waals surface area contributed by atoms with Crippen molar-refractivity contribution in [3.8, 4) is 0 Å². The van der Waals surface area contributed by atoms with Crippen LogP contribution in [0, 0.1) is 11.8 Å². The molecule has 0 radical (unpaired) electrons. The fourth-order valence-corrected chi connectivity index (χ4v) is 6.59. The lowest BCUT2D eigenvalue weighted by Gasteiger charge is -2.25. The van der Waals surface area contributed by atoms with E-state index in [4.69, 9.17) is 8.37 Å². The lowest BCUT2D eigenvalue weighted by atomic mass is 9.96. The molecule has 2 aromatic carbocycles. The van der Waals surface area contributed by atoms with E-state index in [1.165, 1.54) is 12.1 Å². The third-order valence-electron chi connectivity index (χ3n) is 5.99. The Bertz CT molecular complexity index is 1160. The van der Waals surface area contributed by atoms with Gasteiger partial charge < -0.3 is 15.7 Å². The SMILES string of the molecule is CC1CNc2c(cccc2S(=O)(=O)OCC(O)COS(=O)(=O)c2cccc3c2NCC(C)C3)C1. The normalized spacial score (nSPS) is 21.0. The first-order valence-corrected chi connectivity index (χ1v) is 14.1. The largest absolute Gasteiger partial charge is 0.388 e. The number of rotatable bonds is 8. The molecule has 0 aliphatic carbocycles. The quantitative estimate of drug-likeness (QED) is 0.458. The van der Waals surface area contributed by atoms with E-state index in [0.717, 1.165) is 24.0 Å². The molecule has 3 N–H and O–H groups in total. The summed E-state index contributed by atoms with van der Waals surface area (Å²) in [7, 11) is -8.35. The third-order valence-corrected chi connectivity index (χ3v) is 8.64. The molecule has 0 bridgehead atoms. The van der Waals surface area contributed by atoms with Crippen molar-refractivity contribution < 1.29 is 30.3 Å². The van der Waals surface area contributed by atoms with Gasteiger partial charge in [0.25, 0.3) is 20.2 Å². The van der Waals surface area contributed by atoms with Crippen LogP contribution in [0.1, 0.15) is 25.0 Å². The first kappa shape index (κ1) is 24.9. The molecule has 186 valence electrons. The summed E-state index contributed by atoms with van der Waals surface area (Å²) in [5.41, 5.74) is 2.77. The molecule has 2 unspecified atom stereocenters. The Morgan fingerprint density at radius 3 is 1.65 bits per heavy atom. The summed E-state index contributed by atoms with van der Waals surface area (Å²) in [6.07, 6.45) is 0.0260. The van der Waals surface area contributed by atoms with Crippen LogP contribution in [0.5, 0.6) is 0 Å². The van der Waals surface area contributed by atoms with E-state index >= 15 is 0 Å². The van der Waals surface area contributed by atoms with Crippen LogP contribution >= 0.6 is 0 Å². The molecule has 9 nitrogen and oxygen atoms in total. The van der Waals surface area contributed by atoms with E-state index in [-0.39, 0.29) is 9.79 Å². The minimum atomic E-state index is -4.18. The van der Waals surface area contributed by atoms with Gasteiger partial charge in [-0.3, -0.25) is 8.37 Å². The number of anilines is 2. The molecule has 34 heavy (non-hydrogen) atoms. The van der Waals surface area contributed by atoms with Crippen molar-refractivity contribution in [1.29, 1.82) is 0 Å². The molecule has 2 aliphatic heterocycles. The van der Waals surface area contributed by atoms with Gasteiger partial charge in [0.15, 0.2) is 0 Å². The zero-order chi connectivity index (χ0) is 24.5. The summed E-state index contributed by atoms with van der Waals surface area (Å²) in [6, 6.07) is 9.91. The summed E-state index contributed by atoms with van der Waals surface area (Å²) in [5.74, 6) is 0.752. The number of aliphatic hydroxyl groups excluding tert-OH is 1. The minimum absolute atomic E-state index is 0.00569. The highest BCUT2D eigenvalue weighted by molar-refractivity contribution is 7.87. The molecule has 0 fully saturated rings. The Labute approximate surface area is 200 Å². The standard InChI is InChI=1S/C23H30N2O7S2/c1-15-9-17-5-3-7-20(22(17)24-11-15)33(27,28)31-13-19(26)14-32-34(29,30)21-8-4-6-18-10-16(2)12-25-23(18)21/h3-8,15-16,19,24-26H,9-14H2,1-2H3. The number of aliphatic hydroxyl groups is 1. The Kier molecular flexibility index (Phi) is 7.20. The van der Waals surface area contributed by atoms with Crippen molar-refractivity contribution in [1.82, 2.24) is 0 Å². The lowest BCUT2D eigenvalue weighted by molar-refractivity contribution is 0.0671. The molecule has 2 aliphatic rings. The Balaban J connectivity index is 1.39. The van der Waals surface area contributed by atoms with Crippen LogP contribution in [0.15, 0.2) is 46.2 Å². The van der Waals surface area contributed by atoms with Crippen molar-refractivity contribution in [2.45, 2.75) is 42.6 Å². The monoisotopic (exact) mass is 510 g/mol. The van der Waals surface area contributed by atoms with Gasteiger partial charge in [0.05, 0.1) is 24.6 Å². The van der Waals surface area contributed by atoms with Crippen molar-refractivity contribution in [2.24, 2.45) is 11.8 Å². The molecule has 0 spiro atoms. The topological polar surface area (TPSA) is 131 Å². The van der Waals surface area contributed by atoms with Crippen LogP contribution < -0.4 is 10.6 Å². The molecule has 0 saturated carbocycles. The molecular weight excluding hydrogens is 480 g/mol. The molecule has 11 heteroatoms. The average molecular weight is 511 g/mol. The fraction of sp³-hybridized carbons (Fsp3) is 0.478. The number of benzene rings is 2. The molecule has 0 amide bonds. The van der Waals surface area contributed by atoms with Crippen LogP contribution in [0.25, 0.3) is 0 Å². The maximum atomic E-state index is 12.8. The first-order chi connectivity index (χ1) is 16.1. The summed E-state index contributed by atoms with van der Waals surface area (Å²) in [4.78, 5) is -0.0114. The molecule has 2 aromatic rings. The second-order valence-corrected chi connectivity index (χ2v) is 12.3. The van der Waals surface area contributed by atoms with Crippen molar-refractivity contribution in [3.05, 3.63) is 47.5 Å². The average Bonchev–Trinajstić information content (AvgIpc) is 2.80. The predicted molar refractivity (Wildman–Crippen MR) is 128 cm³/mol. The van der Waals surface area contributed by atoms with Crippen LogP contribution in [0.4, 0.5) is 11.4 Å². The third kappa shape index (κ3) is 5.38. The second kappa shape index (κ2) is 9.82. The van der Waals surface area contributed by atoms with Crippen LogP contribution in [0.3, 0.4) is 0 Å². The minimum Gasteiger partial charge on any atom is -0.388 e. The molecule has 0 aromatic heterocycles. The van der Waals surface area contributed by atoms with Gasteiger partial charge in [-0.2, -0.15) is 16.8 Å². The Morgan fingerprint density at radius 2 is 1.24 bits per heavy atom. The zero-order valence-electron chi connectivity index (χ0n) is 19.2. The predicted octanol–water partition coefficient (Wildman–Crippen LogP) is 2.37. The Hall–Kier alpha value is -2.18. The van der Waals surface area contributed by atoms with Crippen molar-refractivity contribution in [3.63, 3.8) is 0 Å². The van der Waals surface area contributed by atoms with E-state index in [9.17, 15) is 21.9 Å². The van der Waals surface area contributed by atoms with Gasteiger partial charge in [-0.15, -0.1) is 0 Å². The number of fused-ring (bicyclic) bond motifs is 2.